The lowest BCUT2D eigenvalue weighted by molar-refractivity contribution is 0.322. The average Bonchev–Trinajstić information content (AvgIpc) is 2.83. The normalized spacial score (nSPS) is 19.3. The van der Waals surface area contributed by atoms with Crippen LogP contribution in [0.5, 0.6) is 5.75 Å². The number of nitrogens with two attached hydrogens (primary N) is 1. The zero-order valence-electron chi connectivity index (χ0n) is 11.4. The Bertz CT molecular complexity index is 467. The van der Waals surface area contributed by atoms with E-state index in [1.807, 2.05) is 19.1 Å². The van der Waals surface area contributed by atoms with Gasteiger partial charge < -0.3 is 15.4 Å². The van der Waals surface area contributed by atoms with E-state index in [1.165, 1.54) is 0 Å². The van der Waals surface area contributed by atoms with E-state index in [0.29, 0.717) is 18.2 Å². The van der Waals surface area contributed by atoms with Crippen LogP contribution >= 0.6 is 0 Å². The van der Waals surface area contributed by atoms with Crippen molar-refractivity contribution in [3.05, 3.63) is 29.3 Å². The molecule has 1 unspecified atom stereocenters. The van der Waals surface area contributed by atoms with E-state index in [9.17, 15) is 0 Å². The molecule has 1 saturated heterocycles. The predicted octanol–water partition coefficient (Wildman–Crippen LogP) is 1.53. The molecule has 0 amide bonds. The molecule has 1 fully saturated rings. The monoisotopic (exact) mass is 259 g/mol. The highest BCUT2D eigenvalue weighted by Gasteiger charge is 2.18. The first kappa shape index (κ1) is 13.9. The van der Waals surface area contributed by atoms with Crippen molar-refractivity contribution in [2.75, 3.05) is 26.2 Å². The van der Waals surface area contributed by atoms with E-state index >= 15 is 0 Å². The molecule has 102 valence electrons. The fourth-order valence-electron chi connectivity index (χ4n) is 2.48. The molecule has 1 aromatic carbocycles. The van der Waals surface area contributed by atoms with Crippen LogP contribution in [0.15, 0.2) is 18.2 Å². The van der Waals surface area contributed by atoms with Crippen LogP contribution in [-0.4, -0.2) is 37.2 Å². The van der Waals surface area contributed by atoms with Gasteiger partial charge in [-0.15, -0.1) is 0 Å². The molecule has 1 heterocycles. The fraction of sp³-hybridized carbons (Fsp3) is 0.533. The van der Waals surface area contributed by atoms with Gasteiger partial charge in [0, 0.05) is 19.1 Å². The summed E-state index contributed by atoms with van der Waals surface area (Å²) in [4.78, 5) is 2.37. The summed E-state index contributed by atoms with van der Waals surface area (Å²) in [7, 11) is 0. The van der Waals surface area contributed by atoms with E-state index in [-0.39, 0.29) is 0 Å². The molecule has 4 nitrogen and oxygen atoms in total. The van der Waals surface area contributed by atoms with Gasteiger partial charge in [0.1, 0.15) is 5.75 Å². The standard InChI is InChI=1S/C15H21N3O/c1-2-19-15-4-3-12(10-16)9-13(15)5-7-18-8-6-14(17)11-18/h3-4,9,14H,2,5-8,11,17H2,1H3. The maximum Gasteiger partial charge on any atom is 0.122 e. The average molecular weight is 259 g/mol. The van der Waals surface area contributed by atoms with E-state index in [2.05, 4.69) is 11.0 Å². The van der Waals surface area contributed by atoms with Gasteiger partial charge in [-0.1, -0.05) is 0 Å². The Morgan fingerprint density at radius 2 is 2.37 bits per heavy atom. The van der Waals surface area contributed by atoms with Crippen molar-refractivity contribution < 1.29 is 4.74 Å². The van der Waals surface area contributed by atoms with Gasteiger partial charge in [0.15, 0.2) is 0 Å². The molecule has 0 spiro atoms. The van der Waals surface area contributed by atoms with Crippen LogP contribution in [0.25, 0.3) is 0 Å². The Hall–Kier alpha value is -1.57. The van der Waals surface area contributed by atoms with Gasteiger partial charge in [0.25, 0.3) is 0 Å². The van der Waals surface area contributed by atoms with Gasteiger partial charge in [-0.3, -0.25) is 0 Å². The Kier molecular flexibility index (Phi) is 4.78. The SMILES string of the molecule is CCOc1ccc(C#N)cc1CCN1CCC(N)C1. The first-order valence-electron chi connectivity index (χ1n) is 6.86. The van der Waals surface area contributed by atoms with E-state index in [1.54, 1.807) is 6.07 Å². The van der Waals surface area contributed by atoms with E-state index in [4.69, 9.17) is 15.7 Å². The fourth-order valence-corrected chi connectivity index (χ4v) is 2.48. The maximum absolute atomic E-state index is 8.98. The number of likely N-dealkylation sites (tertiary alicyclic amines) is 1. The molecule has 1 aromatic rings. The predicted molar refractivity (Wildman–Crippen MR) is 75.1 cm³/mol. The molecule has 1 aliphatic rings. The van der Waals surface area contributed by atoms with Crippen molar-refractivity contribution in [3.8, 4) is 11.8 Å². The molecule has 4 heteroatoms. The number of ether oxygens (including phenoxy) is 1. The lowest BCUT2D eigenvalue weighted by atomic mass is 10.1. The van der Waals surface area contributed by atoms with Crippen LogP contribution in [0.3, 0.4) is 0 Å². The molecule has 1 aliphatic heterocycles. The van der Waals surface area contributed by atoms with Crippen molar-refractivity contribution in [2.24, 2.45) is 5.73 Å². The molecule has 1 atom stereocenters. The van der Waals surface area contributed by atoms with Crippen LogP contribution in [0.4, 0.5) is 0 Å². The minimum Gasteiger partial charge on any atom is -0.494 e. The van der Waals surface area contributed by atoms with E-state index in [0.717, 1.165) is 43.8 Å². The first-order chi connectivity index (χ1) is 9.22. The first-order valence-corrected chi connectivity index (χ1v) is 6.86. The number of nitrogens with zero attached hydrogens (tertiary/aromatic N) is 2. The van der Waals surface area contributed by atoms with Gasteiger partial charge in [0.05, 0.1) is 18.2 Å². The Labute approximate surface area is 114 Å². The molecule has 0 saturated carbocycles. The van der Waals surface area contributed by atoms with Gasteiger partial charge in [0.2, 0.25) is 0 Å². The summed E-state index contributed by atoms with van der Waals surface area (Å²) >= 11 is 0. The second-order valence-corrected chi connectivity index (χ2v) is 4.97. The zero-order valence-corrected chi connectivity index (χ0v) is 11.4. The highest BCUT2D eigenvalue weighted by atomic mass is 16.5. The number of benzene rings is 1. The summed E-state index contributed by atoms with van der Waals surface area (Å²) < 4.78 is 5.62. The van der Waals surface area contributed by atoms with Crippen molar-refractivity contribution in [1.29, 1.82) is 5.26 Å². The summed E-state index contributed by atoms with van der Waals surface area (Å²) in [5, 5.41) is 8.98. The van der Waals surface area contributed by atoms with Crippen LogP contribution in [0.1, 0.15) is 24.5 Å². The maximum atomic E-state index is 8.98. The summed E-state index contributed by atoms with van der Waals surface area (Å²) in [6.07, 6.45) is 1.98. The highest BCUT2D eigenvalue weighted by molar-refractivity contribution is 5.42. The van der Waals surface area contributed by atoms with Gasteiger partial charge in [-0.25, -0.2) is 0 Å². The van der Waals surface area contributed by atoms with Crippen LogP contribution in [-0.2, 0) is 6.42 Å². The third-order valence-corrected chi connectivity index (χ3v) is 3.50. The quantitative estimate of drug-likeness (QED) is 0.871. The van der Waals surface area contributed by atoms with Gasteiger partial charge >= 0.3 is 0 Å². The number of rotatable bonds is 5. The van der Waals surface area contributed by atoms with Crippen molar-refractivity contribution in [3.63, 3.8) is 0 Å². The van der Waals surface area contributed by atoms with Gasteiger partial charge in [-0.2, -0.15) is 5.26 Å². The minimum absolute atomic E-state index is 0.316. The second-order valence-electron chi connectivity index (χ2n) is 4.97. The summed E-state index contributed by atoms with van der Waals surface area (Å²) in [5.41, 5.74) is 7.71. The number of hydrogen-bond donors (Lipinski definition) is 1. The topological polar surface area (TPSA) is 62.3 Å². The van der Waals surface area contributed by atoms with Crippen molar-refractivity contribution in [1.82, 2.24) is 4.90 Å². The third-order valence-electron chi connectivity index (χ3n) is 3.50. The Morgan fingerprint density at radius 3 is 3.00 bits per heavy atom. The molecule has 0 aliphatic carbocycles. The second kappa shape index (κ2) is 6.55. The molecule has 0 radical (unpaired) electrons. The molecule has 0 bridgehead atoms. The Morgan fingerprint density at radius 1 is 1.53 bits per heavy atom. The zero-order chi connectivity index (χ0) is 13.7. The smallest absolute Gasteiger partial charge is 0.122 e. The summed E-state index contributed by atoms with van der Waals surface area (Å²) in [6.45, 7) is 5.64. The van der Waals surface area contributed by atoms with Crippen LogP contribution < -0.4 is 10.5 Å². The molecular formula is C15H21N3O. The van der Waals surface area contributed by atoms with Crippen molar-refractivity contribution >= 4 is 0 Å². The lowest BCUT2D eigenvalue weighted by Gasteiger charge is -2.16. The highest BCUT2D eigenvalue weighted by Crippen LogP contribution is 2.21. The van der Waals surface area contributed by atoms with E-state index < -0.39 is 0 Å². The van der Waals surface area contributed by atoms with Crippen molar-refractivity contribution in [2.45, 2.75) is 25.8 Å². The molecule has 0 aromatic heterocycles. The molecule has 2 N–H and O–H groups in total. The van der Waals surface area contributed by atoms with Gasteiger partial charge in [-0.05, 0) is 50.1 Å². The molecule has 19 heavy (non-hydrogen) atoms. The largest absolute Gasteiger partial charge is 0.494 e. The molecular weight excluding hydrogens is 238 g/mol. The number of hydrogen-bond acceptors (Lipinski definition) is 4. The number of nitriles is 1. The van der Waals surface area contributed by atoms with Crippen LogP contribution in [0.2, 0.25) is 0 Å². The lowest BCUT2D eigenvalue weighted by Crippen LogP contribution is -2.28. The Balaban J connectivity index is 2.02. The minimum atomic E-state index is 0.316. The van der Waals surface area contributed by atoms with Crippen LogP contribution in [0, 0.1) is 11.3 Å². The summed E-state index contributed by atoms with van der Waals surface area (Å²) in [6, 6.07) is 8.13. The molecule has 2 rings (SSSR count). The third kappa shape index (κ3) is 3.69. The summed E-state index contributed by atoms with van der Waals surface area (Å²) in [5.74, 6) is 0.894.